The van der Waals surface area contributed by atoms with E-state index in [0.29, 0.717) is 23.1 Å². The van der Waals surface area contributed by atoms with Crippen molar-refractivity contribution in [2.75, 3.05) is 0 Å². The van der Waals surface area contributed by atoms with Crippen LogP contribution in [0.5, 0.6) is 0 Å². The number of nitrogens with zero attached hydrogens (tertiary/aromatic N) is 2. The normalized spacial score (nSPS) is 11.2. The Balaban J connectivity index is 2.36. The fraction of sp³-hybridized carbons (Fsp3) is 0.385. The van der Waals surface area contributed by atoms with Crippen LogP contribution in [0.2, 0.25) is 0 Å². The molecule has 0 spiro atoms. The van der Waals surface area contributed by atoms with Crippen molar-refractivity contribution >= 4 is 12.2 Å². The van der Waals surface area contributed by atoms with Crippen molar-refractivity contribution in [2.24, 2.45) is 5.92 Å². The van der Waals surface area contributed by atoms with E-state index in [1.54, 1.807) is 4.57 Å². The van der Waals surface area contributed by atoms with Gasteiger partial charge in [0, 0.05) is 18.5 Å². The molecule has 19 heavy (non-hydrogen) atoms. The zero-order valence-corrected chi connectivity index (χ0v) is 11.6. The molecule has 3 nitrogen and oxygen atoms in total. The largest absolute Gasteiger partial charge is 0.304 e. The first kappa shape index (κ1) is 13.9. The monoisotopic (exact) mass is 283 g/mol. The lowest BCUT2D eigenvalue weighted by molar-refractivity contribution is 0.500. The molecule has 0 aliphatic carbocycles. The molecule has 102 valence electrons. The minimum absolute atomic E-state index is 0.0153. The van der Waals surface area contributed by atoms with E-state index in [4.69, 9.17) is 12.2 Å². The summed E-state index contributed by atoms with van der Waals surface area (Å²) in [6.07, 6.45) is 0.0817. The summed E-state index contributed by atoms with van der Waals surface area (Å²) in [5.41, 5.74) is 0.0153. The van der Waals surface area contributed by atoms with E-state index in [1.807, 2.05) is 13.8 Å². The van der Waals surface area contributed by atoms with Gasteiger partial charge in [-0.3, -0.25) is 5.10 Å². The summed E-state index contributed by atoms with van der Waals surface area (Å²) >= 11 is 5.13. The van der Waals surface area contributed by atoms with Gasteiger partial charge in [-0.25, -0.2) is 8.78 Å². The van der Waals surface area contributed by atoms with Crippen molar-refractivity contribution in [3.63, 3.8) is 0 Å². The smallest absolute Gasteiger partial charge is 0.195 e. The van der Waals surface area contributed by atoms with E-state index in [2.05, 4.69) is 10.2 Å². The standard InChI is InChI=1S/C13H15F2N3S/c1-8(2)7-18-12(16-17-13(18)19)6-9-10(14)4-3-5-11(9)15/h3-5,8H,6-7H2,1-2H3,(H,17,19). The maximum absolute atomic E-state index is 13.6. The van der Waals surface area contributed by atoms with E-state index in [1.165, 1.54) is 18.2 Å². The number of hydrogen-bond donors (Lipinski definition) is 1. The molecule has 1 aromatic carbocycles. The molecule has 0 unspecified atom stereocenters. The van der Waals surface area contributed by atoms with Gasteiger partial charge in [0.2, 0.25) is 0 Å². The van der Waals surface area contributed by atoms with Crippen LogP contribution in [-0.4, -0.2) is 14.8 Å². The SMILES string of the molecule is CC(C)Cn1c(Cc2c(F)cccc2F)n[nH]c1=S. The third-order valence-corrected chi connectivity index (χ3v) is 3.09. The molecular weight excluding hydrogens is 268 g/mol. The average molecular weight is 283 g/mol. The molecule has 0 amide bonds. The number of halogens is 2. The molecule has 0 aliphatic heterocycles. The predicted octanol–water partition coefficient (Wildman–Crippen LogP) is 3.47. The molecule has 1 heterocycles. The maximum Gasteiger partial charge on any atom is 0.195 e. The second kappa shape index (κ2) is 5.61. The number of aromatic amines is 1. The minimum Gasteiger partial charge on any atom is -0.304 e. The van der Waals surface area contributed by atoms with Gasteiger partial charge in [0.05, 0.1) is 0 Å². The van der Waals surface area contributed by atoms with E-state index in [-0.39, 0.29) is 12.0 Å². The van der Waals surface area contributed by atoms with Crippen LogP contribution < -0.4 is 0 Å². The lowest BCUT2D eigenvalue weighted by Gasteiger charge is -2.10. The van der Waals surface area contributed by atoms with E-state index < -0.39 is 11.6 Å². The van der Waals surface area contributed by atoms with Gasteiger partial charge in [-0.1, -0.05) is 19.9 Å². The van der Waals surface area contributed by atoms with Crippen LogP contribution in [0.15, 0.2) is 18.2 Å². The number of benzene rings is 1. The summed E-state index contributed by atoms with van der Waals surface area (Å²) in [5, 5.41) is 6.73. The van der Waals surface area contributed by atoms with Gasteiger partial charge < -0.3 is 4.57 Å². The number of rotatable bonds is 4. The third kappa shape index (κ3) is 3.07. The van der Waals surface area contributed by atoms with Gasteiger partial charge in [-0.2, -0.15) is 5.10 Å². The van der Waals surface area contributed by atoms with Crippen molar-refractivity contribution in [2.45, 2.75) is 26.8 Å². The van der Waals surface area contributed by atoms with Crippen LogP contribution in [0.3, 0.4) is 0 Å². The fourth-order valence-electron chi connectivity index (χ4n) is 1.90. The summed E-state index contributed by atoms with van der Waals surface area (Å²) in [6.45, 7) is 4.76. The summed E-state index contributed by atoms with van der Waals surface area (Å²) in [5.74, 6) is -0.216. The molecule has 0 fully saturated rings. The van der Waals surface area contributed by atoms with Crippen LogP contribution in [0, 0.1) is 22.3 Å². The summed E-state index contributed by atoms with van der Waals surface area (Å²) in [7, 11) is 0. The third-order valence-electron chi connectivity index (χ3n) is 2.78. The van der Waals surface area contributed by atoms with Crippen LogP contribution in [-0.2, 0) is 13.0 Å². The molecule has 0 saturated carbocycles. The highest BCUT2D eigenvalue weighted by molar-refractivity contribution is 7.71. The molecule has 0 atom stereocenters. The van der Waals surface area contributed by atoms with Gasteiger partial charge in [0.25, 0.3) is 0 Å². The van der Waals surface area contributed by atoms with Gasteiger partial charge in [0.1, 0.15) is 17.5 Å². The molecule has 2 aromatic rings. The van der Waals surface area contributed by atoms with Crippen molar-refractivity contribution in [1.29, 1.82) is 0 Å². The lowest BCUT2D eigenvalue weighted by Crippen LogP contribution is -2.10. The van der Waals surface area contributed by atoms with Gasteiger partial charge in [-0.05, 0) is 30.3 Å². The average Bonchev–Trinajstić information content (AvgIpc) is 2.66. The second-order valence-corrected chi connectivity index (χ2v) is 5.21. The first-order valence-corrected chi connectivity index (χ1v) is 6.47. The van der Waals surface area contributed by atoms with Crippen molar-refractivity contribution in [3.8, 4) is 0 Å². The Hall–Kier alpha value is -1.56. The Morgan fingerprint density at radius 1 is 1.32 bits per heavy atom. The number of aromatic nitrogens is 3. The topological polar surface area (TPSA) is 33.6 Å². The first-order chi connectivity index (χ1) is 8.99. The van der Waals surface area contributed by atoms with Gasteiger partial charge in [0.15, 0.2) is 4.77 Å². The first-order valence-electron chi connectivity index (χ1n) is 6.06. The highest BCUT2D eigenvalue weighted by Gasteiger charge is 2.14. The van der Waals surface area contributed by atoms with Crippen LogP contribution >= 0.6 is 12.2 Å². The summed E-state index contributed by atoms with van der Waals surface area (Å²) in [4.78, 5) is 0. The zero-order chi connectivity index (χ0) is 14.0. The molecule has 2 rings (SSSR count). The van der Waals surface area contributed by atoms with E-state index in [0.717, 1.165) is 0 Å². The van der Waals surface area contributed by atoms with Crippen LogP contribution in [0.25, 0.3) is 0 Å². The minimum atomic E-state index is -0.565. The Morgan fingerprint density at radius 3 is 2.53 bits per heavy atom. The van der Waals surface area contributed by atoms with Gasteiger partial charge >= 0.3 is 0 Å². The number of hydrogen-bond acceptors (Lipinski definition) is 2. The molecular formula is C13H15F2N3S. The van der Waals surface area contributed by atoms with Crippen LogP contribution in [0.4, 0.5) is 8.78 Å². The molecule has 0 bridgehead atoms. The van der Waals surface area contributed by atoms with E-state index in [9.17, 15) is 8.78 Å². The molecule has 1 aromatic heterocycles. The molecule has 6 heteroatoms. The Kier molecular flexibility index (Phi) is 4.09. The van der Waals surface area contributed by atoms with Crippen molar-refractivity contribution in [3.05, 3.63) is 46.0 Å². The van der Waals surface area contributed by atoms with E-state index >= 15 is 0 Å². The predicted molar refractivity (Wildman–Crippen MR) is 71.4 cm³/mol. The number of H-pyrrole nitrogens is 1. The Bertz CT molecular complexity index is 611. The zero-order valence-electron chi connectivity index (χ0n) is 10.8. The molecule has 0 radical (unpaired) electrons. The second-order valence-electron chi connectivity index (χ2n) is 4.83. The van der Waals surface area contributed by atoms with Crippen LogP contribution in [0.1, 0.15) is 25.2 Å². The highest BCUT2D eigenvalue weighted by Crippen LogP contribution is 2.16. The molecule has 0 aliphatic rings. The Morgan fingerprint density at radius 2 is 1.95 bits per heavy atom. The molecule has 0 saturated heterocycles. The lowest BCUT2D eigenvalue weighted by atomic mass is 10.1. The molecule has 1 N–H and O–H groups in total. The number of nitrogens with one attached hydrogen (secondary N) is 1. The fourth-order valence-corrected chi connectivity index (χ4v) is 2.12. The highest BCUT2D eigenvalue weighted by atomic mass is 32.1. The maximum atomic E-state index is 13.6. The quantitative estimate of drug-likeness (QED) is 0.872. The van der Waals surface area contributed by atoms with Crippen molar-refractivity contribution < 1.29 is 8.78 Å². The summed E-state index contributed by atoms with van der Waals surface area (Å²) < 4.78 is 29.5. The summed E-state index contributed by atoms with van der Waals surface area (Å²) in [6, 6.07) is 3.83. The van der Waals surface area contributed by atoms with Crippen molar-refractivity contribution in [1.82, 2.24) is 14.8 Å². The van der Waals surface area contributed by atoms with Gasteiger partial charge in [-0.15, -0.1) is 0 Å². The Labute approximate surface area is 115 Å².